The third-order valence-corrected chi connectivity index (χ3v) is 8.29. The molecule has 0 saturated carbocycles. The fourth-order valence-corrected chi connectivity index (χ4v) is 4.79. The molecule has 2 unspecified atom stereocenters. The van der Waals surface area contributed by atoms with Gasteiger partial charge in [-0.2, -0.15) is 0 Å². The van der Waals surface area contributed by atoms with Crippen LogP contribution in [0.15, 0.2) is 6.20 Å². The van der Waals surface area contributed by atoms with Gasteiger partial charge in [0.25, 0.3) is 0 Å². The van der Waals surface area contributed by atoms with E-state index < -0.39 is 17.9 Å². The number of nitrogens with two attached hydrogens (primary N) is 1. The van der Waals surface area contributed by atoms with Gasteiger partial charge in [0.1, 0.15) is 17.6 Å². The molecule has 1 heterocycles. The third kappa shape index (κ3) is 23.1. The van der Waals surface area contributed by atoms with Crippen molar-refractivity contribution >= 4 is 35.2 Å². The molecule has 0 aromatic carbocycles. The molecule has 2 atom stereocenters. The second-order valence-corrected chi connectivity index (χ2v) is 14.0. The molecule has 0 aliphatic carbocycles. The predicted octanol–water partition coefficient (Wildman–Crippen LogP) is 1.15. The van der Waals surface area contributed by atoms with Gasteiger partial charge in [0, 0.05) is 69.3 Å². The average Bonchev–Trinajstić information content (AvgIpc) is 3.57. The number of hydrogen-bond donors (Lipinski definition) is 4. The van der Waals surface area contributed by atoms with Crippen molar-refractivity contribution in [2.45, 2.75) is 99.1 Å². The van der Waals surface area contributed by atoms with Crippen molar-refractivity contribution in [1.29, 1.82) is 0 Å². The second-order valence-electron chi connectivity index (χ2n) is 14.0. The van der Waals surface area contributed by atoms with Gasteiger partial charge in [0.05, 0.1) is 64.5 Å². The zero-order chi connectivity index (χ0) is 40.3. The van der Waals surface area contributed by atoms with Gasteiger partial charge in [0.15, 0.2) is 0 Å². The molecule has 0 spiro atoms. The summed E-state index contributed by atoms with van der Waals surface area (Å²) in [5, 5.41) is 16.6. The van der Waals surface area contributed by atoms with Crippen LogP contribution in [0.1, 0.15) is 85.8 Å². The van der Waals surface area contributed by atoms with Gasteiger partial charge in [0.2, 0.25) is 23.6 Å². The van der Waals surface area contributed by atoms with Gasteiger partial charge < -0.3 is 40.6 Å². The van der Waals surface area contributed by atoms with Crippen LogP contribution in [0.5, 0.6) is 0 Å². The van der Waals surface area contributed by atoms with Crippen LogP contribution in [0.2, 0.25) is 0 Å². The largest absolute Gasteiger partial charge is 0.379 e. The Labute approximate surface area is 319 Å². The number of nitrogens with one attached hydrogen (secondary N) is 3. The number of aryl methyl sites for hydroxylation is 1. The second kappa shape index (κ2) is 28.6. The standard InChI is InChI=1S/C37H65N7O10/c1-26(2)32(45)10-15-51-19-21-54-18-13-40-37(50)31(41-34(47)11-16-52-20-22-53-17-12-39-36(49)28(5)6)9-7-8-14-44-25-30(42-43-44)23-29(35(38)48)24-33(46)27(3)4/h25-29,31H,7-24H2,1-6H3,(H2,38,48)(H,39,49)(H,40,50)(H,41,47). The predicted molar refractivity (Wildman–Crippen MR) is 200 cm³/mol. The topological polar surface area (TPSA) is 232 Å². The minimum atomic E-state index is -0.787. The first-order valence-electron chi connectivity index (χ1n) is 19.1. The summed E-state index contributed by atoms with van der Waals surface area (Å²) in [5.41, 5.74) is 6.09. The van der Waals surface area contributed by atoms with Gasteiger partial charge in [-0.25, -0.2) is 0 Å². The van der Waals surface area contributed by atoms with Gasteiger partial charge in [-0.3, -0.25) is 33.4 Å². The van der Waals surface area contributed by atoms with Gasteiger partial charge in [-0.05, 0) is 19.3 Å². The lowest BCUT2D eigenvalue weighted by molar-refractivity contribution is -0.130. The molecule has 4 amide bonds. The Morgan fingerprint density at radius 1 is 0.704 bits per heavy atom. The molecule has 1 rings (SSSR count). The molecular weight excluding hydrogens is 702 g/mol. The number of carbonyl (C=O) groups excluding carboxylic acids is 6. The first-order valence-corrected chi connectivity index (χ1v) is 19.1. The molecule has 5 N–H and O–H groups in total. The Hall–Kier alpha value is -3.80. The maximum atomic E-state index is 13.1. The first-order chi connectivity index (χ1) is 25.7. The SMILES string of the molecule is CC(C)C(=O)CCOCCOCCNC(=O)C(CCCCn1cc(CC(CC(=O)C(C)C)C(N)=O)nn1)NC(=O)CCOCCOCCNC(=O)C(C)C. The Kier molecular flexibility index (Phi) is 25.6. The van der Waals surface area contributed by atoms with Crippen molar-refractivity contribution in [3.05, 3.63) is 11.9 Å². The number of ketones is 2. The lowest BCUT2D eigenvalue weighted by atomic mass is 9.92. The van der Waals surface area contributed by atoms with Crippen molar-refractivity contribution in [2.24, 2.45) is 29.4 Å². The zero-order valence-electron chi connectivity index (χ0n) is 33.2. The normalized spacial score (nSPS) is 12.5. The molecule has 0 aliphatic heterocycles. The van der Waals surface area contributed by atoms with Crippen LogP contribution in [-0.2, 0) is 60.7 Å². The number of rotatable bonds is 33. The summed E-state index contributed by atoms with van der Waals surface area (Å²) in [6, 6.07) is -0.787. The van der Waals surface area contributed by atoms with Crippen LogP contribution in [0.4, 0.5) is 0 Å². The van der Waals surface area contributed by atoms with Crippen LogP contribution in [-0.4, -0.2) is 122 Å². The number of ether oxygens (including phenoxy) is 4. The molecule has 0 fully saturated rings. The van der Waals surface area contributed by atoms with Gasteiger partial charge >= 0.3 is 0 Å². The molecule has 17 heteroatoms. The monoisotopic (exact) mass is 767 g/mol. The summed E-state index contributed by atoms with van der Waals surface area (Å²) in [5.74, 6) is -2.14. The van der Waals surface area contributed by atoms with Gasteiger partial charge in [-0.15, -0.1) is 5.10 Å². The maximum absolute atomic E-state index is 13.1. The van der Waals surface area contributed by atoms with Crippen molar-refractivity contribution in [3.63, 3.8) is 0 Å². The number of unbranched alkanes of at least 4 members (excludes halogenated alkanes) is 1. The summed E-state index contributed by atoms with van der Waals surface area (Å²) in [4.78, 5) is 73.2. The first kappa shape index (κ1) is 48.2. The average molecular weight is 768 g/mol. The molecule has 0 bridgehead atoms. The number of carbonyl (C=O) groups is 6. The van der Waals surface area contributed by atoms with Crippen molar-refractivity contribution < 1.29 is 47.7 Å². The maximum Gasteiger partial charge on any atom is 0.242 e. The Morgan fingerprint density at radius 2 is 1.26 bits per heavy atom. The van der Waals surface area contributed by atoms with E-state index in [0.717, 1.165) is 0 Å². The minimum absolute atomic E-state index is 0.0201. The van der Waals surface area contributed by atoms with Crippen molar-refractivity contribution in [1.82, 2.24) is 30.9 Å². The fraction of sp³-hybridized carbons (Fsp3) is 0.784. The summed E-state index contributed by atoms with van der Waals surface area (Å²) < 4.78 is 23.5. The Balaban J connectivity index is 2.54. The highest BCUT2D eigenvalue weighted by Crippen LogP contribution is 2.14. The number of amides is 4. The minimum Gasteiger partial charge on any atom is -0.379 e. The lowest BCUT2D eigenvalue weighted by Gasteiger charge is -2.19. The van der Waals surface area contributed by atoms with Crippen LogP contribution in [0.25, 0.3) is 0 Å². The number of nitrogens with zero attached hydrogens (tertiary/aromatic N) is 3. The third-order valence-electron chi connectivity index (χ3n) is 8.29. The number of aromatic nitrogens is 3. The summed E-state index contributed by atoms with van der Waals surface area (Å²) in [6.45, 7) is 14.3. The van der Waals surface area contributed by atoms with Gasteiger partial charge in [-0.1, -0.05) is 46.8 Å². The Morgan fingerprint density at radius 3 is 1.81 bits per heavy atom. The lowest BCUT2D eigenvalue weighted by Crippen LogP contribution is -2.47. The fourth-order valence-electron chi connectivity index (χ4n) is 4.79. The number of primary amides is 1. The molecule has 0 aliphatic rings. The van der Waals surface area contributed by atoms with Crippen LogP contribution in [0.3, 0.4) is 0 Å². The highest BCUT2D eigenvalue weighted by molar-refractivity contribution is 5.88. The highest BCUT2D eigenvalue weighted by atomic mass is 16.5. The van der Waals surface area contributed by atoms with E-state index in [1.54, 1.807) is 24.7 Å². The molecule has 0 saturated heterocycles. The quantitative estimate of drug-likeness (QED) is 0.0739. The van der Waals surface area contributed by atoms with Crippen molar-refractivity contribution in [3.8, 4) is 0 Å². The molecule has 308 valence electrons. The van der Waals surface area contributed by atoms with E-state index in [4.69, 9.17) is 24.7 Å². The number of Topliss-reactive ketones (excluding diaryl/α,β-unsaturated/α-hetero) is 2. The van der Waals surface area contributed by atoms with Crippen LogP contribution in [0, 0.1) is 23.7 Å². The van der Waals surface area contributed by atoms with E-state index in [1.807, 2.05) is 27.7 Å². The molecule has 0 radical (unpaired) electrons. The summed E-state index contributed by atoms with van der Waals surface area (Å²) in [7, 11) is 0. The highest BCUT2D eigenvalue weighted by Gasteiger charge is 2.23. The van der Waals surface area contributed by atoms with E-state index in [9.17, 15) is 28.8 Å². The molecule has 54 heavy (non-hydrogen) atoms. The zero-order valence-corrected chi connectivity index (χ0v) is 33.2. The van der Waals surface area contributed by atoms with E-state index in [2.05, 4.69) is 26.3 Å². The van der Waals surface area contributed by atoms with E-state index in [-0.39, 0.29) is 92.7 Å². The van der Waals surface area contributed by atoms with Crippen LogP contribution < -0.4 is 21.7 Å². The van der Waals surface area contributed by atoms with E-state index in [1.165, 1.54) is 0 Å². The van der Waals surface area contributed by atoms with E-state index in [0.29, 0.717) is 77.5 Å². The summed E-state index contributed by atoms with van der Waals surface area (Å²) >= 11 is 0. The van der Waals surface area contributed by atoms with Crippen molar-refractivity contribution in [2.75, 3.05) is 65.9 Å². The number of hydrogen-bond acceptors (Lipinski definition) is 12. The van der Waals surface area contributed by atoms with Crippen LogP contribution >= 0.6 is 0 Å². The van der Waals surface area contributed by atoms with E-state index >= 15 is 0 Å². The molecular formula is C37H65N7O10. The Bertz CT molecular complexity index is 1270. The summed E-state index contributed by atoms with van der Waals surface area (Å²) in [6.07, 6.45) is 3.98. The molecule has 17 nitrogen and oxygen atoms in total. The smallest absolute Gasteiger partial charge is 0.242 e. The molecule has 1 aromatic heterocycles. The molecule has 1 aromatic rings.